The molecule has 3 aromatic rings. The number of hydrogen-bond donors (Lipinski definition) is 2. The van der Waals surface area contributed by atoms with Crippen molar-refractivity contribution < 1.29 is 13.2 Å². The van der Waals surface area contributed by atoms with E-state index in [2.05, 4.69) is 10.6 Å². The summed E-state index contributed by atoms with van der Waals surface area (Å²) in [6.45, 7) is 4.39. The number of amides is 2. The number of carbonyl (C=O) groups excluding carboxylic acids is 1. The summed E-state index contributed by atoms with van der Waals surface area (Å²) in [5.41, 5.74) is 5.14. The first-order chi connectivity index (χ1) is 14.3. The molecule has 0 radical (unpaired) electrons. The molecule has 154 valence electrons. The highest BCUT2D eigenvalue weighted by Crippen LogP contribution is 2.34. The van der Waals surface area contributed by atoms with Gasteiger partial charge < -0.3 is 10.6 Å². The van der Waals surface area contributed by atoms with Gasteiger partial charge in [0.05, 0.1) is 10.6 Å². The lowest BCUT2D eigenvalue weighted by atomic mass is 10.1. The van der Waals surface area contributed by atoms with Crippen molar-refractivity contribution in [2.75, 3.05) is 21.5 Å². The summed E-state index contributed by atoms with van der Waals surface area (Å²) >= 11 is 0. The smallest absolute Gasteiger partial charge is 0.308 e. The van der Waals surface area contributed by atoms with Crippen molar-refractivity contribution in [1.82, 2.24) is 0 Å². The minimum Gasteiger partial charge on any atom is -0.308 e. The molecule has 0 aromatic heterocycles. The van der Waals surface area contributed by atoms with Crippen LogP contribution in [0.1, 0.15) is 16.7 Å². The molecule has 7 heteroatoms. The van der Waals surface area contributed by atoms with E-state index in [1.807, 2.05) is 38.1 Å². The van der Waals surface area contributed by atoms with Gasteiger partial charge in [-0.3, -0.25) is 4.31 Å². The zero-order valence-corrected chi connectivity index (χ0v) is 17.7. The van der Waals surface area contributed by atoms with E-state index in [1.165, 1.54) is 4.31 Å². The fraction of sp³-hybridized carbons (Fsp3) is 0.174. The van der Waals surface area contributed by atoms with Crippen LogP contribution in [-0.2, 0) is 16.4 Å². The number of sulfonamides is 1. The largest absolute Gasteiger partial charge is 0.323 e. The maximum atomic E-state index is 13.0. The van der Waals surface area contributed by atoms with Gasteiger partial charge in [-0.2, -0.15) is 0 Å². The molecule has 0 fully saturated rings. The average Bonchev–Trinajstić information content (AvgIpc) is 3.15. The number of urea groups is 1. The first-order valence-electron chi connectivity index (χ1n) is 9.70. The number of nitrogens with zero attached hydrogens (tertiary/aromatic N) is 1. The zero-order valence-electron chi connectivity index (χ0n) is 16.8. The van der Waals surface area contributed by atoms with Crippen LogP contribution in [0.25, 0.3) is 0 Å². The Labute approximate surface area is 176 Å². The predicted molar refractivity (Wildman–Crippen MR) is 120 cm³/mol. The van der Waals surface area contributed by atoms with Gasteiger partial charge in [-0.05, 0) is 79.4 Å². The maximum Gasteiger partial charge on any atom is 0.323 e. The first kappa shape index (κ1) is 20.0. The van der Waals surface area contributed by atoms with Gasteiger partial charge in [0.2, 0.25) is 0 Å². The van der Waals surface area contributed by atoms with Crippen LogP contribution in [0.5, 0.6) is 0 Å². The van der Waals surface area contributed by atoms with Gasteiger partial charge in [-0.15, -0.1) is 0 Å². The fourth-order valence-corrected chi connectivity index (χ4v) is 5.06. The van der Waals surface area contributed by atoms with Gasteiger partial charge in [0.1, 0.15) is 0 Å². The third-order valence-corrected chi connectivity index (χ3v) is 7.11. The van der Waals surface area contributed by atoms with Crippen molar-refractivity contribution in [3.63, 3.8) is 0 Å². The van der Waals surface area contributed by atoms with Crippen molar-refractivity contribution in [1.29, 1.82) is 0 Å². The van der Waals surface area contributed by atoms with Crippen LogP contribution >= 0.6 is 0 Å². The molecule has 2 amide bonds. The van der Waals surface area contributed by atoms with Gasteiger partial charge in [-0.1, -0.05) is 24.3 Å². The van der Waals surface area contributed by atoms with Crippen molar-refractivity contribution >= 4 is 33.1 Å². The molecule has 0 spiro atoms. The Morgan fingerprint density at radius 1 is 0.867 bits per heavy atom. The average molecular weight is 422 g/mol. The summed E-state index contributed by atoms with van der Waals surface area (Å²) < 4.78 is 27.3. The maximum absolute atomic E-state index is 13.0. The summed E-state index contributed by atoms with van der Waals surface area (Å²) in [4.78, 5) is 12.6. The summed E-state index contributed by atoms with van der Waals surface area (Å²) in [6, 6.07) is 19.1. The topological polar surface area (TPSA) is 78.5 Å². The SMILES string of the molecule is Cc1ccc(NC(=O)Nc2ccc3c(c2)CCN3S(=O)(=O)c2ccccc2)cc1C. The molecule has 0 aliphatic carbocycles. The summed E-state index contributed by atoms with van der Waals surface area (Å²) in [7, 11) is -3.60. The number of rotatable bonds is 4. The molecule has 1 heterocycles. The minimum absolute atomic E-state index is 0.271. The van der Waals surface area contributed by atoms with Gasteiger partial charge in [0.15, 0.2) is 0 Å². The number of carbonyl (C=O) groups is 1. The van der Waals surface area contributed by atoms with E-state index < -0.39 is 10.0 Å². The van der Waals surface area contributed by atoms with E-state index in [4.69, 9.17) is 0 Å². The van der Waals surface area contributed by atoms with Crippen molar-refractivity contribution in [3.8, 4) is 0 Å². The van der Waals surface area contributed by atoms with Crippen LogP contribution in [-0.4, -0.2) is 21.0 Å². The van der Waals surface area contributed by atoms with E-state index in [1.54, 1.807) is 42.5 Å². The molecule has 6 nitrogen and oxygen atoms in total. The van der Waals surface area contributed by atoms with E-state index in [0.717, 1.165) is 22.4 Å². The Hall–Kier alpha value is -3.32. The first-order valence-corrected chi connectivity index (χ1v) is 11.1. The third kappa shape index (κ3) is 3.89. The monoisotopic (exact) mass is 421 g/mol. The van der Waals surface area contributed by atoms with Crippen LogP contribution in [0, 0.1) is 13.8 Å². The second-order valence-electron chi connectivity index (χ2n) is 7.36. The van der Waals surface area contributed by atoms with E-state index >= 15 is 0 Å². The highest BCUT2D eigenvalue weighted by molar-refractivity contribution is 7.92. The molecule has 30 heavy (non-hydrogen) atoms. The normalized spacial score (nSPS) is 13.1. The van der Waals surface area contributed by atoms with Gasteiger partial charge >= 0.3 is 6.03 Å². The molecule has 1 aliphatic heterocycles. The Balaban J connectivity index is 1.50. The van der Waals surface area contributed by atoms with Crippen molar-refractivity contribution in [2.24, 2.45) is 0 Å². The number of hydrogen-bond acceptors (Lipinski definition) is 3. The molecule has 0 unspecified atom stereocenters. The summed E-state index contributed by atoms with van der Waals surface area (Å²) in [5.74, 6) is 0. The third-order valence-electron chi connectivity index (χ3n) is 5.29. The number of nitrogens with one attached hydrogen (secondary N) is 2. The molecule has 0 bridgehead atoms. The van der Waals surface area contributed by atoms with Gasteiger partial charge in [0.25, 0.3) is 10.0 Å². The van der Waals surface area contributed by atoms with Crippen molar-refractivity contribution in [2.45, 2.75) is 25.2 Å². The van der Waals surface area contributed by atoms with Gasteiger partial charge in [0, 0.05) is 17.9 Å². The predicted octanol–water partition coefficient (Wildman–Crippen LogP) is 4.70. The van der Waals surface area contributed by atoms with E-state index in [9.17, 15) is 13.2 Å². The lowest BCUT2D eigenvalue weighted by molar-refractivity contribution is 0.262. The lowest BCUT2D eigenvalue weighted by Crippen LogP contribution is -2.29. The molecular formula is C23H23N3O3S. The molecule has 0 saturated carbocycles. The van der Waals surface area contributed by atoms with Crippen LogP contribution < -0.4 is 14.9 Å². The number of benzene rings is 3. The Kier molecular flexibility index (Phi) is 5.22. The van der Waals surface area contributed by atoms with Crippen LogP contribution in [0.15, 0.2) is 71.6 Å². The number of aryl methyl sites for hydroxylation is 2. The standard InChI is InChI=1S/C23H23N3O3S/c1-16-8-9-19(14-17(16)2)24-23(27)25-20-10-11-22-18(15-20)12-13-26(22)30(28,29)21-6-4-3-5-7-21/h3-11,14-15H,12-13H2,1-2H3,(H2,24,25,27). The Morgan fingerprint density at radius 3 is 2.23 bits per heavy atom. The molecule has 4 rings (SSSR count). The van der Waals surface area contributed by atoms with Crippen LogP contribution in [0.2, 0.25) is 0 Å². The molecule has 0 atom stereocenters. The molecule has 0 saturated heterocycles. The Morgan fingerprint density at radius 2 is 1.53 bits per heavy atom. The Bertz CT molecular complexity index is 1210. The summed E-state index contributed by atoms with van der Waals surface area (Å²) in [5, 5.41) is 5.65. The van der Waals surface area contributed by atoms with Crippen LogP contribution in [0.3, 0.4) is 0 Å². The van der Waals surface area contributed by atoms with E-state index in [-0.39, 0.29) is 10.9 Å². The molecule has 2 N–H and O–H groups in total. The summed E-state index contributed by atoms with van der Waals surface area (Å²) in [6.07, 6.45) is 0.593. The highest BCUT2D eigenvalue weighted by atomic mass is 32.2. The molecule has 1 aliphatic rings. The van der Waals surface area contributed by atoms with Gasteiger partial charge in [-0.25, -0.2) is 13.2 Å². The number of fused-ring (bicyclic) bond motifs is 1. The zero-order chi connectivity index (χ0) is 21.3. The lowest BCUT2D eigenvalue weighted by Gasteiger charge is -2.19. The molecule has 3 aromatic carbocycles. The van der Waals surface area contributed by atoms with Crippen LogP contribution in [0.4, 0.5) is 21.9 Å². The second kappa shape index (κ2) is 7.84. The van der Waals surface area contributed by atoms with Crippen molar-refractivity contribution in [3.05, 3.63) is 83.4 Å². The number of anilines is 3. The highest BCUT2D eigenvalue weighted by Gasteiger charge is 2.30. The second-order valence-corrected chi connectivity index (χ2v) is 9.22. The quantitative estimate of drug-likeness (QED) is 0.641. The van der Waals surface area contributed by atoms with E-state index in [0.29, 0.717) is 24.3 Å². The fourth-order valence-electron chi connectivity index (χ4n) is 3.53. The minimum atomic E-state index is -3.60. The molecular weight excluding hydrogens is 398 g/mol.